The van der Waals surface area contributed by atoms with Crippen LogP contribution in [0, 0.1) is 6.92 Å². The Morgan fingerprint density at radius 2 is 2.11 bits per heavy atom. The van der Waals surface area contributed by atoms with E-state index in [-0.39, 0.29) is 0 Å². The van der Waals surface area contributed by atoms with Crippen LogP contribution >= 0.6 is 22.9 Å². The maximum Gasteiger partial charge on any atom is 0.208 e. The van der Waals surface area contributed by atoms with Crippen LogP contribution in [-0.2, 0) is 0 Å². The second-order valence-electron chi connectivity index (χ2n) is 5.08. The van der Waals surface area contributed by atoms with Gasteiger partial charge in [0, 0.05) is 30.5 Å². The molecule has 0 radical (unpaired) electrons. The van der Waals surface area contributed by atoms with Crippen molar-refractivity contribution >= 4 is 33.1 Å². The van der Waals surface area contributed by atoms with Crippen LogP contribution in [0.4, 0.5) is 10.3 Å². The predicted octanol–water partition coefficient (Wildman–Crippen LogP) is 1.88. The largest absolute Gasteiger partial charge is 0.354 e. The Hall–Kier alpha value is -1.28. The molecule has 2 aromatic rings. The molecule has 8 heteroatoms. The van der Waals surface area contributed by atoms with Gasteiger partial charge in [-0.25, -0.2) is 4.98 Å². The van der Waals surface area contributed by atoms with E-state index in [1.165, 1.54) is 24.4 Å². The van der Waals surface area contributed by atoms with Crippen molar-refractivity contribution < 1.29 is 0 Å². The Labute approximate surface area is 119 Å². The summed E-state index contributed by atoms with van der Waals surface area (Å²) in [6, 6.07) is 0.448. The molecular weight excluding hydrogens is 280 g/mol. The number of hydrogen-bond acceptors (Lipinski definition) is 8. The Morgan fingerprint density at radius 3 is 2.79 bits per heavy atom. The molecule has 0 aromatic carbocycles. The van der Waals surface area contributed by atoms with Crippen molar-refractivity contribution in [3.05, 3.63) is 10.8 Å². The van der Waals surface area contributed by atoms with Gasteiger partial charge in [-0.15, -0.1) is 10.2 Å². The van der Waals surface area contributed by atoms with Crippen LogP contribution < -0.4 is 10.2 Å². The first kappa shape index (κ1) is 11.5. The quantitative estimate of drug-likeness (QED) is 0.928. The third-order valence-electron chi connectivity index (χ3n) is 3.38. The van der Waals surface area contributed by atoms with Crippen molar-refractivity contribution in [1.82, 2.24) is 19.6 Å². The summed E-state index contributed by atoms with van der Waals surface area (Å²) in [7, 11) is 0. The lowest BCUT2D eigenvalue weighted by Gasteiger charge is -2.38. The van der Waals surface area contributed by atoms with Crippen molar-refractivity contribution in [2.75, 3.05) is 23.3 Å². The lowest BCUT2D eigenvalue weighted by atomic mass is 10.1. The van der Waals surface area contributed by atoms with Crippen LogP contribution in [0.5, 0.6) is 0 Å². The molecule has 2 aromatic heterocycles. The number of nitrogens with zero attached hydrogens (tertiary/aromatic N) is 5. The standard InChI is InChI=1S/C11H14N6S2/c1-6-14-15-11(18-6)17-4-8(5-17)12-10-13-9(16-19-10)7-2-3-7/h7-8H,2-5H2,1H3,(H,12,13,16). The Morgan fingerprint density at radius 1 is 1.26 bits per heavy atom. The molecule has 0 unspecified atom stereocenters. The van der Waals surface area contributed by atoms with Crippen molar-refractivity contribution in [2.24, 2.45) is 0 Å². The fraction of sp³-hybridized carbons (Fsp3) is 0.636. The van der Waals surface area contributed by atoms with Crippen LogP contribution in [0.15, 0.2) is 0 Å². The highest BCUT2D eigenvalue weighted by Gasteiger charge is 2.31. The molecule has 1 saturated heterocycles. The lowest BCUT2D eigenvalue weighted by molar-refractivity contribution is 0.547. The van der Waals surface area contributed by atoms with Crippen LogP contribution in [0.25, 0.3) is 0 Å². The Balaban J connectivity index is 1.33. The molecular formula is C11H14N6S2. The van der Waals surface area contributed by atoms with Gasteiger partial charge in [-0.05, 0) is 19.8 Å². The highest BCUT2D eigenvalue weighted by Crippen LogP contribution is 2.39. The Kier molecular flexibility index (Phi) is 2.66. The van der Waals surface area contributed by atoms with Gasteiger partial charge in [-0.2, -0.15) is 4.37 Å². The zero-order valence-electron chi connectivity index (χ0n) is 10.5. The summed E-state index contributed by atoms with van der Waals surface area (Å²) in [4.78, 5) is 6.79. The number of anilines is 2. The molecule has 6 nitrogen and oxygen atoms in total. The van der Waals surface area contributed by atoms with Crippen molar-refractivity contribution in [1.29, 1.82) is 0 Å². The van der Waals surface area contributed by atoms with Gasteiger partial charge in [0.1, 0.15) is 10.8 Å². The summed E-state index contributed by atoms with van der Waals surface area (Å²) >= 11 is 3.13. The van der Waals surface area contributed by atoms with Crippen molar-refractivity contribution in [2.45, 2.75) is 31.7 Å². The summed E-state index contributed by atoms with van der Waals surface area (Å²) in [6.07, 6.45) is 2.51. The van der Waals surface area contributed by atoms with Gasteiger partial charge in [-0.1, -0.05) is 11.3 Å². The minimum absolute atomic E-state index is 0.448. The number of rotatable bonds is 4. The van der Waals surface area contributed by atoms with Gasteiger partial charge < -0.3 is 10.2 Å². The molecule has 0 amide bonds. The molecule has 0 spiro atoms. The average molecular weight is 294 g/mol. The minimum atomic E-state index is 0.448. The average Bonchev–Trinajstić information content (AvgIpc) is 2.94. The molecule has 4 rings (SSSR count). The van der Waals surface area contributed by atoms with E-state index in [1.54, 1.807) is 11.3 Å². The van der Waals surface area contributed by atoms with Crippen molar-refractivity contribution in [3.63, 3.8) is 0 Å². The normalized spacial score (nSPS) is 19.5. The molecule has 1 saturated carbocycles. The number of hydrogen-bond donors (Lipinski definition) is 1. The molecule has 0 atom stereocenters. The van der Waals surface area contributed by atoms with E-state index >= 15 is 0 Å². The summed E-state index contributed by atoms with van der Waals surface area (Å²) in [5, 5.41) is 14.6. The molecule has 1 aliphatic heterocycles. The highest BCUT2D eigenvalue weighted by atomic mass is 32.1. The maximum atomic E-state index is 4.55. The van der Waals surface area contributed by atoms with Gasteiger partial charge >= 0.3 is 0 Å². The predicted molar refractivity (Wildman–Crippen MR) is 76.2 cm³/mol. The molecule has 3 heterocycles. The second kappa shape index (κ2) is 4.38. The van der Waals surface area contributed by atoms with Gasteiger partial charge in [-0.3, -0.25) is 0 Å². The number of nitrogens with one attached hydrogen (secondary N) is 1. The molecule has 1 N–H and O–H groups in total. The van der Waals surface area contributed by atoms with Gasteiger partial charge in [0.2, 0.25) is 10.3 Å². The fourth-order valence-electron chi connectivity index (χ4n) is 2.12. The van der Waals surface area contributed by atoms with Crippen LogP contribution in [0.3, 0.4) is 0 Å². The van der Waals surface area contributed by atoms with E-state index < -0.39 is 0 Å². The zero-order valence-corrected chi connectivity index (χ0v) is 12.2. The summed E-state index contributed by atoms with van der Waals surface area (Å²) < 4.78 is 4.40. The topological polar surface area (TPSA) is 66.8 Å². The smallest absolute Gasteiger partial charge is 0.208 e. The van der Waals surface area contributed by atoms with Gasteiger partial charge in [0.05, 0.1) is 6.04 Å². The van der Waals surface area contributed by atoms with E-state index in [4.69, 9.17) is 0 Å². The van der Waals surface area contributed by atoms with E-state index in [0.717, 1.165) is 34.2 Å². The van der Waals surface area contributed by atoms with E-state index in [9.17, 15) is 0 Å². The minimum Gasteiger partial charge on any atom is -0.354 e. The molecule has 2 aliphatic rings. The van der Waals surface area contributed by atoms with Gasteiger partial charge in [0.25, 0.3) is 0 Å². The highest BCUT2D eigenvalue weighted by molar-refractivity contribution is 7.15. The van der Waals surface area contributed by atoms with E-state index in [1.807, 2.05) is 6.92 Å². The maximum absolute atomic E-state index is 4.55. The molecule has 2 fully saturated rings. The van der Waals surface area contributed by atoms with Crippen molar-refractivity contribution in [3.8, 4) is 0 Å². The molecule has 1 aliphatic carbocycles. The monoisotopic (exact) mass is 294 g/mol. The lowest BCUT2D eigenvalue weighted by Crippen LogP contribution is -2.54. The first-order valence-electron chi connectivity index (χ1n) is 6.43. The van der Waals surface area contributed by atoms with Crippen LogP contribution in [0.1, 0.15) is 29.6 Å². The van der Waals surface area contributed by atoms with Gasteiger partial charge in [0.15, 0.2) is 0 Å². The molecule has 19 heavy (non-hydrogen) atoms. The first-order chi connectivity index (χ1) is 9.28. The van der Waals surface area contributed by atoms with E-state index in [2.05, 4.69) is 29.8 Å². The van der Waals surface area contributed by atoms with Crippen LogP contribution in [0.2, 0.25) is 0 Å². The van der Waals surface area contributed by atoms with E-state index in [0.29, 0.717) is 12.0 Å². The Bertz CT molecular complexity index is 584. The summed E-state index contributed by atoms with van der Waals surface area (Å²) in [5.74, 6) is 1.66. The summed E-state index contributed by atoms with van der Waals surface area (Å²) in [5.41, 5.74) is 0. The molecule has 100 valence electrons. The molecule has 0 bridgehead atoms. The SMILES string of the molecule is Cc1nnc(N2CC(Nc3nc(C4CC4)ns3)C2)s1. The summed E-state index contributed by atoms with van der Waals surface area (Å²) in [6.45, 7) is 3.91. The second-order valence-corrected chi connectivity index (χ2v) is 6.99. The number of aryl methyl sites for hydroxylation is 1. The third-order valence-corrected chi connectivity index (χ3v) is 4.94. The fourth-order valence-corrected chi connectivity index (χ4v) is 3.54. The number of aromatic nitrogens is 4. The van der Waals surface area contributed by atoms with Crippen LogP contribution in [-0.4, -0.2) is 38.7 Å². The third kappa shape index (κ3) is 2.30. The zero-order chi connectivity index (χ0) is 12.8. The first-order valence-corrected chi connectivity index (χ1v) is 8.02.